The lowest BCUT2D eigenvalue weighted by molar-refractivity contribution is 0.308. The van der Waals surface area contributed by atoms with Crippen molar-refractivity contribution in [3.05, 3.63) is 50.6 Å². The molecule has 0 spiro atoms. The highest BCUT2D eigenvalue weighted by Gasteiger charge is 2.10. The lowest BCUT2D eigenvalue weighted by atomic mass is 10.1. The van der Waals surface area contributed by atoms with Gasteiger partial charge in [0.2, 0.25) is 0 Å². The first-order valence-corrected chi connectivity index (χ1v) is 8.25. The molecule has 0 fully saturated rings. The molecular formula is C18H20INO2. The molecule has 2 aromatic carbocycles. The molecular weight excluding hydrogens is 389 g/mol. The second kappa shape index (κ2) is 7.63. The molecule has 2 aromatic rings. The number of methoxy groups -OCH3 is 1. The normalized spacial score (nSPS) is 11.0. The Morgan fingerprint density at radius 1 is 1.23 bits per heavy atom. The number of aliphatic imine (C=N–C) groups is 1. The Hall–Kier alpha value is -1.56. The number of nitrogens with zero attached hydrogens (tertiary/aromatic N) is 1. The third-order valence-electron chi connectivity index (χ3n) is 3.47. The third-order valence-corrected chi connectivity index (χ3v) is 4.27. The summed E-state index contributed by atoms with van der Waals surface area (Å²) < 4.78 is 12.1. The van der Waals surface area contributed by atoms with Crippen LogP contribution in [0.4, 0.5) is 5.69 Å². The summed E-state index contributed by atoms with van der Waals surface area (Å²) in [5.41, 5.74) is 4.42. The molecule has 3 nitrogen and oxygen atoms in total. The van der Waals surface area contributed by atoms with Crippen molar-refractivity contribution < 1.29 is 9.47 Å². The Morgan fingerprint density at radius 2 is 2.00 bits per heavy atom. The molecule has 0 radical (unpaired) electrons. The van der Waals surface area contributed by atoms with Gasteiger partial charge in [0.1, 0.15) is 0 Å². The molecule has 0 bridgehead atoms. The van der Waals surface area contributed by atoms with Gasteiger partial charge in [-0.15, -0.1) is 0 Å². The molecule has 0 heterocycles. The van der Waals surface area contributed by atoms with Crippen molar-refractivity contribution in [1.82, 2.24) is 0 Å². The van der Waals surface area contributed by atoms with Crippen LogP contribution in [-0.2, 0) is 0 Å². The Bertz CT molecular complexity index is 696. The van der Waals surface area contributed by atoms with Crippen molar-refractivity contribution in [3.8, 4) is 11.5 Å². The van der Waals surface area contributed by atoms with E-state index in [1.54, 1.807) is 7.11 Å². The number of ether oxygens (including phenoxy) is 2. The van der Waals surface area contributed by atoms with Crippen LogP contribution < -0.4 is 9.47 Å². The fraction of sp³-hybridized carbons (Fsp3) is 0.278. The van der Waals surface area contributed by atoms with Gasteiger partial charge in [-0.3, -0.25) is 4.99 Å². The first kappa shape index (κ1) is 16.8. The van der Waals surface area contributed by atoms with E-state index in [1.165, 1.54) is 11.1 Å². The molecule has 0 aromatic heterocycles. The summed E-state index contributed by atoms with van der Waals surface area (Å²) in [6.45, 7) is 6.76. The molecule has 0 saturated carbocycles. The van der Waals surface area contributed by atoms with Gasteiger partial charge in [0.25, 0.3) is 0 Å². The van der Waals surface area contributed by atoms with E-state index in [0.717, 1.165) is 26.3 Å². The number of hydrogen-bond acceptors (Lipinski definition) is 3. The smallest absolute Gasteiger partial charge is 0.174 e. The quantitative estimate of drug-likeness (QED) is 0.510. The van der Waals surface area contributed by atoms with Crippen LogP contribution in [0.5, 0.6) is 11.5 Å². The number of benzene rings is 2. The molecule has 0 aliphatic carbocycles. The summed E-state index contributed by atoms with van der Waals surface area (Å²) in [4.78, 5) is 4.60. The zero-order valence-corrected chi connectivity index (χ0v) is 15.5. The Kier molecular flexibility index (Phi) is 5.83. The van der Waals surface area contributed by atoms with Gasteiger partial charge in [-0.05, 0) is 78.3 Å². The van der Waals surface area contributed by atoms with E-state index in [0.29, 0.717) is 6.61 Å². The molecule has 0 saturated heterocycles. The summed E-state index contributed by atoms with van der Waals surface area (Å²) in [5.74, 6) is 1.52. The van der Waals surface area contributed by atoms with Gasteiger partial charge in [0, 0.05) is 6.21 Å². The van der Waals surface area contributed by atoms with E-state index in [2.05, 4.69) is 47.5 Å². The number of hydrogen-bond donors (Lipinski definition) is 0. The average Bonchev–Trinajstić information content (AvgIpc) is 2.51. The summed E-state index contributed by atoms with van der Waals surface area (Å²) in [5, 5.41) is 0. The molecule has 116 valence electrons. The molecule has 0 N–H and O–H groups in total. The van der Waals surface area contributed by atoms with E-state index >= 15 is 0 Å². The van der Waals surface area contributed by atoms with Crippen molar-refractivity contribution in [2.75, 3.05) is 13.7 Å². The molecule has 4 heteroatoms. The van der Waals surface area contributed by atoms with E-state index in [4.69, 9.17) is 9.47 Å². The highest BCUT2D eigenvalue weighted by atomic mass is 127. The van der Waals surface area contributed by atoms with Crippen LogP contribution in [0.15, 0.2) is 35.3 Å². The van der Waals surface area contributed by atoms with Crippen LogP contribution in [0, 0.1) is 17.4 Å². The topological polar surface area (TPSA) is 30.8 Å². The van der Waals surface area contributed by atoms with E-state index in [9.17, 15) is 0 Å². The largest absolute Gasteiger partial charge is 0.493 e. The van der Waals surface area contributed by atoms with Crippen LogP contribution in [0.3, 0.4) is 0 Å². The highest BCUT2D eigenvalue weighted by molar-refractivity contribution is 14.1. The van der Waals surface area contributed by atoms with Crippen molar-refractivity contribution in [2.45, 2.75) is 20.8 Å². The molecule has 0 aliphatic heterocycles. The first-order valence-electron chi connectivity index (χ1n) is 7.17. The number of rotatable bonds is 5. The second-order valence-corrected chi connectivity index (χ2v) is 6.11. The van der Waals surface area contributed by atoms with E-state index in [-0.39, 0.29) is 0 Å². The average molecular weight is 409 g/mol. The highest BCUT2D eigenvalue weighted by Crippen LogP contribution is 2.33. The summed E-state index contributed by atoms with van der Waals surface area (Å²) in [6, 6.07) is 10.1. The summed E-state index contributed by atoms with van der Waals surface area (Å²) >= 11 is 2.26. The van der Waals surface area contributed by atoms with Gasteiger partial charge < -0.3 is 9.47 Å². The zero-order valence-electron chi connectivity index (χ0n) is 13.3. The predicted octanol–water partition coefficient (Wildman–Crippen LogP) is 5.07. The zero-order chi connectivity index (χ0) is 16.1. The number of aryl methyl sites for hydroxylation is 1. The van der Waals surface area contributed by atoms with Crippen molar-refractivity contribution in [2.24, 2.45) is 4.99 Å². The monoisotopic (exact) mass is 409 g/mol. The summed E-state index contributed by atoms with van der Waals surface area (Å²) in [6.07, 6.45) is 1.86. The lowest BCUT2D eigenvalue weighted by Crippen LogP contribution is -1.99. The first-order chi connectivity index (χ1) is 10.6. The van der Waals surface area contributed by atoms with Gasteiger partial charge in [0.15, 0.2) is 11.5 Å². The molecule has 0 amide bonds. The summed E-state index contributed by atoms with van der Waals surface area (Å²) in [7, 11) is 1.65. The minimum atomic E-state index is 0.613. The Labute approximate surface area is 145 Å². The lowest BCUT2D eigenvalue weighted by Gasteiger charge is -2.12. The van der Waals surface area contributed by atoms with Gasteiger partial charge in [0.05, 0.1) is 23.0 Å². The minimum absolute atomic E-state index is 0.613. The maximum Gasteiger partial charge on any atom is 0.174 e. The third kappa shape index (κ3) is 3.80. The Morgan fingerprint density at radius 3 is 2.68 bits per heavy atom. The maximum absolute atomic E-state index is 5.63. The van der Waals surface area contributed by atoms with E-state index in [1.807, 2.05) is 37.4 Å². The van der Waals surface area contributed by atoms with Gasteiger partial charge in [-0.1, -0.05) is 12.1 Å². The van der Waals surface area contributed by atoms with Crippen molar-refractivity contribution in [3.63, 3.8) is 0 Å². The fourth-order valence-electron chi connectivity index (χ4n) is 2.12. The maximum atomic E-state index is 5.63. The standard InChI is InChI=1S/C18H20INO2/c1-5-22-18-15(19)9-14(10-17(18)21-4)11-20-16-8-6-7-12(2)13(16)3/h6-11H,5H2,1-4H3. The van der Waals surface area contributed by atoms with Crippen molar-refractivity contribution >= 4 is 34.5 Å². The molecule has 2 rings (SSSR count). The van der Waals surface area contributed by atoms with Crippen LogP contribution in [-0.4, -0.2) is 19.9 Å². The predicted molar refractivity (Wildman–Crippen MR) is 100 cm³/mol. The van der Waals surface area contributed by atoms with Crippen molar-refractivity contribution in [1.29, 1.82) is 0 Å². The van der Waals surface area contributed by atoms with Gasteiger partial charge >= 0.3 is 0 Å². The second-order valence-electron chi connectivity index (χ2n) is 4.94. The van der Waals surface area contributed by atoms with Gasteiger partial charge in [-0.2, -0.15) is 0 Å². The fourth-order valence-corrected chi connectivity index (χ4v) is 2.90. The molecule has 0 atom stereocenters. The molecule has 22 heavy (non-hydrogen) atoms. The minimum Gasteiger partial charge on any atom is -0.493 e. The van der Waals surface area contributed by atoms with Crippen LogP contribution in [0.1, 0.15) is 23.6 Å². The van der Waals surface area contributed by atoms with Crippen LogP contribution >= 0.6 is 22.6 Å². The van der Waals surface area contributed by atoms with E-state index < -0.39 is 0 Å². The number of halogens is 1. The Balaban J connectivity index is 2.35. The molecule has 0 unspecified atom stereocenters. The molecule has 0 aliphatic rings. The van der Waals surface area contributed by atoms with Gasteiger partial charge in [-0.25, -0.2) is 0 Å². The SMILES string of the molecule is CCOc1c(I)cc(C=Nc2cccc(C)c2C)cc1OC. The van der Waals surface area contributed by atoms with Crippen LogP contribution in [0.25, 0.3) is 0 Å². The van der Waals surface area contributed by atoms with Crippen LogP contribution in [0.2, 0.25) is 0 Å².